The molecule has 3 aromatic rings. The molecule has 0 aliphatic carbocycles. The van der Waals surface area contributed by atoms with Crippen LogP contribution in [0.1, 0.15) is 5.56 Å². The molecule has 0 spiro atoms. The summed E-state index contributed by atoms with van der Waals surface area (Å²) >= 11 is 6.48. The first-order valence-corrected chi connectivity index (χ1v) is 8.07. The third-order valence-electron chi connectivity index (χ3n) is 3.05. The maximum Gasteiger partial charge on any atom is 0.230 e. The molecule has 0 aliphatic heterocycles. The Bertz CT molecular complexity index is 862. The van der Waals surface area contributed by atoms with Crippen LogP contribution in [0.2, 0.25) is 0 Å². The van der Waals surface area contributed by atoms with Crippen LogP contribution in [0.25, 0.3) is 10.2 Å². The van der Waals surface area contributed by atoms with Crippen LogP contribution in [0.15, 0.2) is 48.5 Å². The summed E-state index contributed by atoms with van der Waals surface area (Å²) in [5, 5.41) is 15.7. The molecule has 0 radical (unpaired) electrons. The normalized spacial score (nSPS) is 10.4. The first-order valence-electron chi connectivity index (χ1n) is 6.84. The van der Waals surface area contributed by atoms with Crippen molar-refractivity contribution in [3.63, 3.8) is 0 Å². The van der Waals surface area contributed by atoms with Crippen molar-refractivity contribution in [1.29, 1.82) is 0 Å². The number of nitrogens with zero attached hydrogens (tertiary/aromatic N) is 1. The lowest BCUT2D eigenvalue weighted by Crippen LogP contribution is -2.35. The fourth-order valence-corrected chi connectivity index (χ4v) is 3.23. The van der Waals surface area contributed by atoms with Crippen molar-refractivity contribution in [2.75, 3.05) is 5.32 Å². The van der Waals surface area contributed by atoms with E-state index < -0.39 is 0 Å². The molecule has 1 amide bonds. The second-order valence-electron chi connectivity index (χ2n) is 4.84. The highest BCUT2D eigenvalue weighted by Crippen LogP contribution is 2.28. The number of rotatable bonds is 3. The highest BCUT2D eigenvalue weighted by Gasteiger charge is 2.09. The van der Waals surface area contributed by atoms with Gasteiger partial charge >= 0.3 is 0 Å². The lowest BCUT2D eigenvalue weighted by molar-refractivity contribution is -0.119. The molecule has 5 nitrogen and oxygen atoms in total. The van der Waals surface area contributed by atoms with Gasteiger partial charge in [-0.25, -0.2) is 4.98 Å². The Kier molecular flexibility index (Phi) is 4.50. The number of carbonyl (C=O) groups is 1. The van der Waals surface area contributed by atoms with E-state index in [9.17, 15) is 9.90 Å². The quantitative estimate of drug-likeness (QED) is 0.638. The minimum Gasteiger partial charge on any atom is -0.508 e. The summed E-state index contributed by atoms with van der Waals surface area (Å²) in [5.74, 6) is -0.00102. The third kappa shape index (κ3) is 4.02. The lowest BCUT2D eigenvalue weighted by atomic mass is 10.1. The first kappa shape index (κ1) is 15.4. The number of thiazole rings is 1. The van der Waals surface area contributed by atoms with Gasteiger partial charge in [0, 0.05) is 0 Å². The zero-order valence-corrected chi connectivity index (χ0v) is 13.6. The van der Waals surface area contributed by atoms with Crippen LogP contribution in [0.5, 0.6) is 5.75 Å². The number of fused-ring (bicyclic) bond motifs is 1. The van der Waals surface area contributed by atoms with E-state index in [1.807, 2.05) is 30.3 Å². The van der Waals surface area contributed by atoms with E-state index in [0.717, 1.165) is 15.8 Å². The van der Waals surface area contributed by atoms with E-state index in [1.165, 1.54) is 11.3 Å². The topological polar surface area (TPSA) is 74.2 Å². The summed E-state index contributed by atoms with van der Waals surface area (Å²) in [6.45, 7) is 0. The van der Waals surface area contributed by atoms with E-state index in [-0.39, 0.29) is 23.2 Å². The molecule has 2 aromatic carbocycles. The van der Waals surface area contributed by atoms with E-state index in [1.54, 1.807) is 18.2 Å². The van der Waals surface area contributed by atoms with Gasteiger partial charge in [-0.05, 0) is 36.0 Å². The van der Waals surface area contributed by atoms with Crippen molar-refractivity contribution in [3.8, 4) is 5.75 Å². The molecule has 0 bridgehead atoms. The number of aromatic nitrogens is 1. The summed E-state index contributed by atoms with van der Waals surface area (Å²) < 4.78 is 0.839. The fourth-order valence-electron chi connectivity index (χ4n) is 2.05. The van der Waals surface area contributed by atoms with Gasteiger partial charge in [0.1, 0.15) is 5.75 Å². The van der Waals surface area contributed by atoms with Crippen LogP contribution in [-0.2, 0) is 11.2 Å². The molecule has 0 saturated heterocycles. The number of phenols is 1. The Labute approximate surface area is 142 Å². The molecule has 0 saturated carbocycles. The highest BCUT2D eigenvalue weighted by atomic mass is 32.1. The van der Waals surface area contributed by atoms with Crippen molar-refractivity contribution in [2.24, 2.45) is 0 Å². The van der Waals surface area contributed by atoms with Crippen molar-refractivity contribution < 1.29 is 9.90 Å². The fraction of sp³-hybridized carbons (Fsp3) is 0.0625. The van der Waals surface area contributed by atoms with Crippen LogP contribution in [0.3, 0.4) is 0 Å². The summed E-state index contributed by atoms with van der Waals surface area (Å²) in [6.07, 6.45) is 0.260. The highest BCUT2D eigenvalue weighted by molar-refractivity contribution is 7.80. The third-order valence-corrected chi connectivity index (χ3v) is 4.19. The van der Waals surface area contributed by atoms with Crippen molar-refractivity contribution in [3.05, 3.63) is 54.1 Å². The van der Waals surface area contributed by atoms with Gasteiger partial charge in [-0.1, -0.05) is 41.7 Å². The van der Waals surface area contributed by atoms with E-state index in [0.29, 0.717) is 5.13 Å². The molecule has 0 unspecified atom stereocenters. The summed E-state index contributed by atoms with van der Waals surface area (Å²) in [5.41, 5.74) is 1.68. The van der Waals surface area contributed by atoms with Crippen LogP contribution < -0.4 is 10.6 Å². The van der Waals surface area contributed by atoms with Gasteiger partial charge in [0.25, 0.3) is 0 Å². The summed E-state index contributed by atoms with van der Waals surface area (Å²) in [4.78, 5) is 16.3. The van der Waals surface area contributed by atoms with Crippen LogP contribution in [0.4, 0.5) is 5.13 Å². The van der Waals surface area contributed by atoms with Crippen LogP contribution in [-0.4, -0.2) is 21.1 Å². The number of carbonyl (C=O) groups excluding carboxylic acids is 1. The SMILES string of the molecule is O=C(Cc1ccccc1)NC(=S)Nc1nc2ccc(O)cc2s1. The Morgan fingerprint density at radius 1 is 1.22 bits per heavy atom. The number of phenolic OH excluding ortho intramolecular Hbond substituents is 1. The predicted molar refractivity (Wildman–Crippen MR) is 95.8 cm³/mol. The van der Waals surface area contributed by atoms with E-state index in [4.69, 9.17) is 12.2 Å². The number of hydrogen-bond donors (Lipinski definition) is 3. The van der Waals surface area contributed by atoms with Crippen LogP contribution in [0, 0.1) is 0 Å². The zero-order chi connectivity index (χ0) is 16.2. The van der Waals surface area contributed by atoms with Gasteiger partial charge in [0.2, 0.25) is 5.91 Å². The molecule has 3 N–H and O–H groups in total. The molecular formula is C16H13N3O2S2. The maximum atomic E-state index is 11.9. The van der Waals surface area contributed by atoms with Gasteiger partial charge in [0.15, 0.2) is 10.2 Å². The Morgan fingerprint density at radius 3 is 2.78 bits per heavy atom. The Morgan fingerprint density at radius 2 is 2.00 bits per heavy atom. The summed E-state index contributed by atoms with van der Waals surface area (Å²) in [7, 11) is 0. The Balaban J connectivity index is 1.60. The van der Waals surface area contributed by atoms with E-state index >= 15 is 0 Å². The summed E-state index contributed by atoms with van der Waals surface area (Å²) in [6, 6.07) is 14.4. The van der Waals surface area contributed by atoms with Gasteiger partial charge < -0.3 is 15.7 Å². The molecule has 3 rings (SSSR count). The van der Waals surface area contributed by atoms with Gasteiger partial charge in [0.05, 0.1) is 16.6 Å². The van der Waals surface area contributed by atoms with Gasteiger partial charge in [-0.2, -0.15) is 0 Å². The van der Waals surface area contributed by atoms with Crippen molar-refractivity contribution in [1.82, 2.24) is 10.3 Å². The molecule has 116 valence electrons. The molecule has 1 heterocycles. The van der Waals surface area contributed by atoms with Crippen molar-refractivity contribution >= 4 is 49.9 Å². The maximum absolute atomic E-state index is 11.9. The first-order chi connectivity index (χ1) is 11.1. The molecule has 23 heavy (non-hydrogen) atoms. The molecule has 0 fully saturated rings. The van der Waals surface area contributed by atoms with E-state index in [2.05, 4.69) is 15.6 Å². The number of thiocarbonyl (C=S) groups is 1. The number of nitrogens with one attached hydrogen (secondary N) is 2. The monoisotopic (exact) mass is 343 g/mol. The molecule has 1 aromatic heterocycles. The minimum atomic E-state index is -0.188. The number of benzene rings is 2. The molecular weight excluding hydrogens is 330 g/mol. The largest absolute Gasteiger partial charge is 0.508 e. The predicted octanol–water partition coefficient (Wildman–Crippen LogP) is 3.06. The number of amides is 1. The smallest absolute Gasteiger partial charge is 0.230 e. The average Bonchev–Trinajstić information content (AvgIpc) is 2.89. The molecule has 0 atom stereocenters. The van der Waals surface area contributed by atoms with Gasteiger partial charge in [-0.3, -0.25) is 4.79 Å². The standard InChI is InChI=1S/C16H13N3O2S2/c20-11-6-7-12-13(9-11)23-16(17-12)19-15(22)18-14(21)8-10-4-2-1-3-5-10/h1-7,9,20H,8H2,(H2,17,18,19,21,22). The van der Waals surface area contributed by atoms with Crippen LogP contribution >= 0.6 is 23.6 Å². The number of hydrogen-bond acceptors (Lipinski definition) is 5. The molecule has 0 aliphatic rings. The number of aromatic hydroxyl groups is 1. The van der Waals surface area contributed by atoms with Crippen molar-refractivity contribution in [2.45, 2.75) is 6.42 Å². The average molecular weight is 343 g/mol. The Hall–Kier alpha value is -2.51. The van der Waals surface area contributed by atoms with Gasteiger partial charge in [-0.15, -0.1) is 0 Å². The lowest BCUT2D eigenvalue weighted by Gasteiger charge is -2.07. The molecule has 7 heteroatoms. The number of anilines is 1. The second kappa shape index (κ2) is 6.72. The zero-order valence-electron chi connectivity index (χ0n) is 11.9. The second-order valence-corrected chi connectivity index (χ2v) is 6.27. The minimum absolute atomic E-state index is 0.187.